The molecule has 1 aliphatic rings. The van der Waals surface area contributed by atoms with Crippen molar-refractivity contribution in [1.29, 1.82) is 0 Å². The number of H-pyrrole nitrogens is 1. The number of hydrogen-bond acceptors (Lipinski definition) is 6. The van der Waals surface area contributed by atoms with Crippen molar-refractivity contribution in [2.75, 3.05) is 30.4 Å². The first-order chi connectivity index (χ1) is 14.9. The molecule has 1 aliphatic heterocycles. The van der Waals surface area contributed by atoms with E-state index in [1.807, 2.05) is 35.4 Å². The number of aromatic amines is 1. The molecule has 0 unspecified atom stereocenters. The van der Waals surface area contributed by atoms with E-state index in [9.17, 15) is 9.59 Å². The Morgan fingerprint density at radius 2 is 2.00 bits per heavy atom. The van der Waals surface area contributed by atoms with Crippen LogP contribution in [0, 0.1) is 0 Å². The molecule has 3 aromatic rings. The largest absolute Gasteiger partial charge is 0.453 e. The van der Waals surface area contributed by atoms with Crippen molar-refractivity contribution in [3.05, 3.63) is 36.7 Å². The van der Waals surface area contributed by atoms with Crippen LogP contribution < -0.4 is 10.2 Å². The molecule has 164 valence electrons. The summed E-state index contributed by atoms with van der Waals surface area (Å²) in [5.74, 6) is 0.967. The third kappa shape index (κ3) is 4.03. The fraction of sp³-hybridized carbons (Fsp3) is 0.364. The van der Waals surface area contributed by atoms with Crippen LogP contribution in [0.3, 0.4) is 0 Å². The Balaban J connectivity index is 0.00000289. The number of pyridine rings is 2. The van der Waals surface area contributed by atoms with Gasteiger partial charge in [0, 0.05) is 50.7 Å². The Morgan fingerprint density at radius 3 is 2.68 bits per heavy atom. The first kappa shape index (κ1) is 20.6. The number of amides is 2. The van der Waals surface area contributed by atoms with Gasteiger partial charge < -0.3 is 19.5 Å². The summed E-state index contributed by atoms with van der Waals surface area (Å²) in [6, 6.07) is 7.98. The van der Waals surface area contributed by atoms with Crippen LogP contribution >= 0.6 is 0 Å². The minimum absolute atomic E-state index is 0. The van der Waals surface area contributed by atoms with Crippen molar-refractivity contribution in [2.24, 2.45) is 0 Å². The maximum atomic E-state index is 12.0. The van der Waals surface area contributed by atoms with Gasteiger partial charge in [-0.3, -0.25) is 10.1 Å². The maximum absolute atomic E-state index is 12.0. The number of carbonyl (C=O) groups is 2. The lowest BCUT2D eigenvalue weighted by Gasteiger charge is -2.44. The number of anilines is 2. The maximum Gasteiger partial charge on any atom is 0.411 e. The monoisotopic (exact) mass is 424 g/mol. The minimum Gasteiger partial charge on any atom is -0.453 e. The SMILES string of the molecule is COC(=O)Nc1cnc2[nH]cc(-c3cccc(N4C[C@@H](C)N(C(C)=O)[C@@H](C)C4)n3)c2c1.[HH]. The van der Waals surface area contributed by atoms with Gasteiger partial charge >= 0.3 is 6.09 Å². The molecular weight excluding hydrogens is 396 g/mol. The molecule has 2 N–H and O–H groups in total. The van der Waals surface area contributed by atoms with Gasteiger partial charge in [0.05, 0.1) is 24.7 Å². The molecule has 3 aromatic heterocycles. The predicted octanol–water partition coefficient (Wildman–Crippen LogP) is 3.49. The number of ether oxygens (including phenoxy) is 1. The van der Waals surface area contributed by atoms with E-state index in [2.05, 4.69) is 38.8 Å². The van der Waals surface area contributed by atoms with Crippen molar-refractivity contribution in [3.63, 3.8) is 0 Å². The van der Waals surface area contributed by atoms with Crippen LogP contribution in [-0.2, 0) is 9.53 Å². The zero-order chi connectivity index (χ0) is 22.1. The van der Waals surface area contributed by atoms with Crippen molar-refractivity contribution in [3.8, 4) is 11.3 Å². The summed E-state index contributed by atoms with van der Waals surface area (Å²) in [5.41, 5.74) is 2.94. The Labute approximate surface area is 181 Å². The topological polar surface area (TPSA) is 103 Å². The lowest BCUT2D eigenvalue weighted by molar-refractivity contribution is -0.133. The second-order valence-electron chi connectivity index (χ2n) is 7.85. The number of nitrogens with zero attached hydrogens (tertiary/aromatic N) is 4. The van der Waals surface area contributed by atoms with Crippen molar-refractivity contribution < 1.29 is 15.8 Å². The van der Waals surface area contributed by atoms with Crippen molar-refractivity contribution >= 4 is 34.5 Å². The van der Waals surface area contributed by atoms with Crippen LogP contribution in [0.25, 0.3) is 22.3 Å². The Hall–Kier alpha value is -3.62. The molecule has 2 amide bonds. The van der Waals surface area contributed by atoms with Gasteiger partial charge in [-0.1, -0.05) is 6.07 Å². The van der Waals surface area contributed by atoms with E-state index in [1.54, 1.807) is 13.1 Å². The van der Waals surface area contributed by atoms with Crippen LogP contribution in [0.2, 0.25) is 0 Å². The average molecular weight is 425 g/mol. The molecule has 0 aliphatic carbocycles. The molecule has 9 nitrogen and oxygen atoms in total. The standard InChI is InChI=1S/C22H26N6O3.H2/c1-13-11-27(12-14(2)28(13)15(3)29)20-7-5-6-19(26-20)18-10-24-21-17(18)8-16(9-23-21)25-22(30)31-4;/h5-10,13-14H,11-12H2,1-4H3,(H,23,24)(H,25,30);1H/t13-,14+;. The summed E-state index contributed by atoms with van der Waals surface area (Å²) in [6.07, 6.45) is 2.89. The molecular formula is C22H28N6O3. The van der Waals surface area contributed by atoms with E-state index in [0.717, 1.165) is 35.6 Å². The third-order valence-corrected chi connectivity index (χ3v) is 5.58. The number of methoxy groups -OCH3 is 1. The zero-order valence-corrected chi connectivity index (χ0v) is 18.0. The summed E-state index contributed by atoms with van der Waals surface area (Å²) in [6.45, 7) is 7.20. The van der Waals surface area contributed by atoms with Gasteiger partial charge in [-0.05, 0) is 32.0 Å². The van der Waals surface area contributed by atoms with E-state index < -0.39 is 6.09 Å². The highest BCUT2D eigenvalue weighted by Crippen LogP contribution is 2.30. The molecule has 4 heterocycles. The minimum atomic E-state index is -0.550. The molecule has 0 bridgehead atoms. The van der Waals surface area contributed by atoms with Gasteiger partial charge in [-0.2, -0.15) is 0 Å². The second kappa shape index (κ2) is 8.25. The highest BCUT2D eigenvalue weighted by atomic mass is 16.5. The Bertz CT molecular complexity index is 1120. The number of fused-ring (bicyclic) bond motifs is 1. The molecule has 0 saturated carbocycles. The van der Waals surface area contributed by atoms with Crippen molar-refractivity contribution in [1.82, 2.24) is 19.9 Å². The van der Waals surface area contributed by atoms with Gasteiger partial charge in [-0.25, -0.2) is 14.8 Å². The van der Waals surface area contributed by atoms with Crippen LogP contribution in [0.4, 0.5) is 16.3 Å². The molecule has 31 heavy (non-hydrogen) atoms. The highest BCUT2D eigenvalue weighted by molar-refractivity contribution is 5.96. The summed E-state index contributed by atoms with van der Waals surface area (Å²) < 4.78 is 4.66. The van der Waals surface area contributed by atoms with E-state index in [-0.39, 0.29) is 19.4 Å². The lowest BCUT2D eigenvalue weighted by atomic mass is 10.1. The molecule has 0 spiro atoms. The Morgan fingerprint density at radius 1 is 1.26 bits per heavy atom. The quantitative estimate of drug-likeness (QED) is 0.667. The molecule has 9 heteroatoms. The fourth-order valence-electron chi connectivity index (χ4n) is 4.33. The summed E-state index contributed by atoms with van der Waals surface area (Å²) in [4.78, 5) is 40.1. The zero-order valence-electron chi connectivity index (χ0n) is 18.0. The summed E-state index contributed by atoms with van der Waals surface area (Å²) in [5, 5.41) is 3.49. The molecule has 0 aromatic carbocycles. The normalized spacial score (nSPS) is 18.8. The third-order valence-electron chi connectivity index (χ3n) is 5.58. The predicted molar refractivity (Wildman–Crippen MR) is 121 cm³/mol. The molecule has 1 fully saturated rings. The van der Waals surface area contributed by atoms with Gasteiger partial charge in [0.15, 0.2) is 0 Å². The highest BCUT2D eigenvalue weighted by Gasteiger charge is 2.31. The van der Waals surface area contributed by atoms with Gasteiger partial charge in [0.25, 0.3) is 0 Å². The van der Waals surface area contributed by atoms with Crippen molar-refractivity contribution in [2.45, 2.75) is 32.9 Å². The molecule has 2 atom stereocenters. The lowest BCUT2D eigenvalue weighted by Crippen LogP contribution is -2.58. The summed E-state index contributed by atoms with van der Waals surface area (Å²) in [7, 11) is 1.32. The van der Waals surface area contributed by atoms with Crippen LogP contribution in [0.15, 0.2) is 36.7 Å². The van der Waals surface area contributed by atoms with Crippen LogP contribution in [-0.4, -0.2) is 64.1 Å². The van der Waals surface area contributed by atoms with Gasteiger partial charge in [0.2, 0.25) is 5.91 Å². The fourth-order valence-corrected chi connectivity index (χ4v) is 4.33. The average Bonchev–Trinajstić information content (AvgIpc) is 3.16. The van der Waals surface area contributed by atoms with Gasteiger partial charge in [0.1, 0.15) is 11.5 Å². The van der Waals surface area contributed by atoms with Crippen LogP contribution in [0.5, 0.6) is 0 Å². The molecule has 4 rings (SSSR count). The van der Waals surface area contributed by atoms with E-state index in [1.165, 1.54) is 7.11 Å². The summed E-state index contributed by atoms with van der Waals surface area (Å²) >= 11 is 0. The molecule has 1 saturated heterocycles. The number of piperazine rings is 1. The number of carbonyl (C=O) groups excluding carboxylic acids is 2. The smallest absolute Gasteiger partial charge is 0.411 e. The first-order valence-electron chi connectivity index (χ1n) is 10.2. The molecule has 0 radical (unpaired) electrons. The number of rotatable bonds is 3. The first-order valence-corrected chi connectivity index (χ1v) is 10.2. The Kier molecular flexibility index (Phi) is 5.50. The number of hydrogen-bond donors (Lipinski definition) is 2. The van der Waals surface area contributed by atoms with E-state index >= 15 is 0 Å². The van der Waals surface area contributed by atoms with Crippen LogP contribution in [0.1, 0.15) is 22.2 Å². The van der Waals surface area contributed by atoms with Gasteiger partial charge in [-0.15, -0.1) is 0 Å². The second-order valence-corrected chi connectivity index (χ2v) is 7.85. The number of aromatic nitrogens is 3. The van der Waals surface area contributed by atoms with E-state index in [0.29, 0.717) is 11.3 Å². The van der Waals surface area contributed by atoms with E-state index in [4.69, 9.17) is 4.98 Å². The number of nitrogens with one attached hydrogen (secondary N) is 2.